The quantitative estimate of drug-likeness (QED) is 0.0297. The van der Waals surface area contributed by atoms with E-state index in [0.717, 1.165) is 38.5 Å². The fraction of sp³-hybridized carbons (Fsp3) is 0.947. The topological polar surface area (TPSA) is 108 Å². The predicted molar refractivity (Wildman–Crippen MR) is 197 cm³/mol. The van der Waals surface area contributed by atoms with Crippen molar-refractivity contribution in [1.82, 2.24) is 0 Å². The molecule has 0 bridgehead atoms. The molecular weight excluding hydrogens is 629 g/mol. The van der Waals surface area contributed by atoms with Crippen molar-refractivity contribution in [3.05, 3.63) is 0 Å². The minimum absolute atomic E-state index is 0.0363. The lowest BCUT2D eigenvalue weighted by molar-refractivity contribution is -0.870. The summed E-state index contributed by atoms with van der Waals surface area (Å²) < 4.78 is 34.1. The molecule has 0 aliphatic heterocycles. The van der Waals surface area contributed by atoms with Crippen LogP contribution in [0.4, 0.5) is 0 Å². The van der Waals surface area contributed by atoms with Crippen LogP contribution < -0.4 is 0 Å². The first-order valence-electron chi connectivity index (χ1n) is 19.8. The van der Waals surface area contributed by atoms with Crippen LogP contribution in [0, 0.1) is 0 Å². The van der Waals surface area contributed by atoms with Crippen LogP contribution >= 0.6 is 7.82 Å². The van der Waals surface area contributed by atoms with Crippen molar-refractivity contribution < 1.29 is 42.1 Å². The van der Waals surface area contributed by atoms with E-state index in [2.05, 4.69) is 13.8 Å². The maximum Gasteiger partial charge on any atom is 0.472 e. The summed E-state index contributed by atoms with van der Waals surface area (Å²) in [4.78, 5) is 35.1. The summed E-state index contributed by atoms with van der Waals surface area (Å²) in [5, 5.41) is 0. The highest BCUT2D eigenvalue weighted by atomic mass is 31.2. The first-order valence-corrected chi connectivity index (χ1v) is 21.3. The molecule has 10 heteroatoms. The number of likely N-dealkylation sites (N-methyl/N-ethyl adjacent to an activating group) is 1. The summed E-state index contributed by atoms with van der Waals surface area (Å²) in [6.45, 7) is 4.40. The second-order valence-electron chi connectivity index (χ2n) is 14.7. The lowest BCUT2D eigenvalue weighted by atomic mass is 10.0. The lowest BCUT2D eigenvalue weighted by Crippen LogP contribution is -2.37. The molecule has 0 aliphatic carbocycles. The number of quaternary nitrogens is 1. The zero-order valence-electron chi connectivity index (χ0n) is 32.0. The molecule has 0 aromatic rings. The van der Waals surface area contributed by atoms with Gasteiger partial charge in [-0.15, -0.1) is 0 Å². The van der Waals surface area contributed by atoms with Crippen LogP contribution in [0.5, 0.6) is 0 Å². The summed E-state index contributed by atoms with van der Waals surface area (Å²) in [7, 11) is 1.49. The van der Waals surface area contributed by atoms with Crippen LogP contribution in [0.25, 0.3) is 0 Å². The van der Waals surface area contributed by atoms with Gasteiger partial charge in [0.25, 0.3) is 0 Å². The van der Waals surface area contributed by atoms with Crippen molar-refractivity contribution in [3.8, 4) is 0 Å². The number of rotatable bonds is 36. The third-order valence-electron chi connectivity index (χ3n) is 8.64. The molecule has 2 unspecified atom stereocenters. The fourth-order valence-corrected chi connectivity index (χ4v) is 6.23. The molecular formula is C38H77NO8P+. The van der Waals surface area contributed by atoms with Crippen LogP contribution in [0.3, 0.4) is 0 Å². The average Bonchev–Trinajstić information content (AvgIpc) is 3.02. The van der Waals surface area contributed by atoms with Crippen LogP contribution in [0.15, 0.2) is 0 Å². The molecule has 0 aromatic heterocycles. The van der Waals surface area contributed by atoms with Crippen LogP contribution in [0.1, 0.15) is 181 Å². The second-order valence-corrected chi connectivity index (χ2v) is 16.1. The summed E-state index contributed by atoms with van der Waals surface area (Å²) >= 11 is 0. The van der Waals surface area contributed by atoms with E-state index in [9.17, 15) is 19.0 Å². The largest absolute Gasteiger partial charge is 0.472 e. The molecule has 0 aromatic carbocycles. The first-order chi connectivity index (χ1) is 23.0. The number of nitrogens with zero attached hydrogens (tertiary/aromatic N) is 1. The Morgan fingerprint density at radius 2 is 0.938 bits per heavy atom. The standard InChI is InChI=1S/C38H76NO8P/c1-6-8-10-12-14-16-17-18-19-20-21-22-23-25-27-29-31-38(41)47-36(35-46-48(42,43)45-33-32-39(3,4)5)34-44-37(40)30-28-26-24-15-13-11-9-7-2/h36H,6-35H2,1-5H3/p+1. The number of unbranched alkanes of at least 4 members (excludes halogenated alkanes) is 22. The van der Waals surface area contributed by atoms with Crippen LogP contribution in [-0.4, -0.2) is 74.9 Å². The Bertz CT molecular complexity index is 804. The van der Waals surface area contributed by atoms with E-state index in [4.69, 9.17) is 18.5 Å². The van der Waals surface area contributed by atoms with Crippen molar-refractivity contribution in [2.45, 2.75) is 187 Å². The van der Waals surface area contributed by atoms with E-state index >= 15 is 0 Å². The third-order valence-corrected chi connectivity index (χ3v) is 9.62. The second kappa shape index (κ2) is 32.0. The van der Waals surface area contributed by atoms with Gasteiger partial charge in [0, 0.05) is 12.8 Å². The zero-order chi connectivity index (χ0) is 35.8. The molecule has 0 rings (SSSR count). The van der Waals surface area contributed by atoms with Gasteiger partial charge in [-0.3, -0.25) is 18.6 Å². The van der Waals surface area contributed by atoms with Gasteiger partial charge in [0.1, 0.15) is 19.8 Å². The van der Waals surface area contributed by atoms with Gasteiger partial charge in [-0.05, 0) is 12.8 Å². The van der Waals surface area contributed by atoms with Crippen molar-refractivity contribution in [2.75, 3.05) is 47.5 Å². The van der Waals surface area contributed by atoms with E-state index in [0.29, 0.717) is 17.4 Å². The Balaban J connectivity index is 4.33. The maximum absolute atomic E-state index is 12.6. The lowest BCUT2D eigenvalue weighted by Gasteiger charge is -2.24. The van der Waals surface area contributed by atoms with Gasteiger partial charge in [-0.2, -0.15) is 0 Å². The van der Waals surface area contributed by atoms with Gasteiger partial charge in [-0.1, -0.05) is 155 Å². The molecule has 0 aliphatic rings. The van der Waals surface area contributed by atoms with E-state index in [-0.39, 0.29) is 25.6 Å². The molecule has 9 nitrogen and oxygen atoms in total. The minimum Gasteiger partial charge on any atom is -0.462 e. The third kappa shape index (κ3) is 34.9. The van der Waals surface area contributed by atoms with Crippen molar-refractivity contribution >= 4 is 19.8 Å². The minimum atomic E-state index is -4.36. The van der Waals surface area contributed by atoms with Gasteiger partial charge in [0.05, 0.1) is 27.7 Å². The van der Waals surface area contributed by atoms with Crippen molar-refractivity contribution in [3.63, 3.8) is 0 Å². The number of carbonyl (C=O) groups is 2. The monoisotopic (exact) mass is 707 g/mol. The number of esters is 2. The Kier molecular flexibility index (Phi) is 31.3. The normalized spacial score (nSPS) is 13.7. The van der Waals surface area contributed by atoms with Crippen LogP contribution in [-0.2, 0) is 32.7 Å². The number of ether oxygens (including phenoxy) is 2. The molecule has 0 fully saturated rings. The number of hydrogen-bond acceptors (Lipinski definition) is 7. The van der Waals surface area contributed by atoms with Gasteiger partial charge < -0.3 is 18.9 Å². The number of phosphoric ester groups is 1. The Morgan fingerprint density at radius 1 is 0.562 bits per heavy atom. The number of hydrogen-bond donors (Lipinski definition) is 1. The maximum atomic E-state index is 12.6. The number of carbonyl (C=O) groups excluding carboxylic acids is 2. The Hall–Kier alpha value is -0.990. The van der Waals surface area contributed by atoms with E-state index in [1.807, 2.05) is 21.1 Å². The summed E-state index contributed by atoms with van der Waals surface area (Å²) in [6, 6.07) is 0. The Morgan fingerprint density at radius 3 is 1.33 bits per heavy atom. The zero-order valence-corrected chi connectivity index (χ0v) is 32.9. The SMILES string of the molecule is CCCCCCCCCCCCCCCCCCC(=O)OC(COC(=O)CCCCCCCCCC)COP(=O)(O)OCC[N+](C)(C)C. The van der Waals surface area contributed by atoms with Gasteiger partial charge >= 0.3 is 19.8 Å². The van der Waals surface area contributed by atoms with Gasteiger partial charge in [0.2, 0.25) is 0 Å². The van der Waals surface area contributed by atoms with E-state index < -0.39 is 26.5 Å². The predicted octanol–water partition coefficient (Wildman–Crippen LogP) is 10.5. The van der Waals surface area contributed by atoms with E-state index in [1.54, 1.807) is 0 Å². The molecule has 0 amide bonds. The van der Waals surface area contributed by atoms with Crippen LogP contribution in [0.2, 0.25) is 0 Å². The molecule has 0 heterocycles. The molecule has 0 saturated carbocycles. The first kappa shape index (κ1) is 47.0. The highest BCUT2D eigenvalue weighted by Gasteiger charge is 2.27. The molecule has 48 heavy (non-hydrogen) atoms. The van der Waals surface area contributed by atoms with Gasteiger partial charge in [0.15, 0.2) is 6.10 Å². The summed E-state index contributed by atoms with van der Waals surface area (Å²) in [5.41, 5.74) is 0. The van der Waals surface area contributed by atoms with Crippen molar-refractivity contribution in [2.24, 2.45) is 0 Å². The molecule has 1 N–H and O–H groups in total. The fourth-order valence-electron chi connectivity index (χ4n) is 5.48. The van der Waals surface area contributed by atoms with Crippen molar-refractivity contribution in [1.29, 1.82) is 0 Å². The highest BCUT2D eigenvalue weighted by molar-refractivity contribution is 7.47. The Labute approximate surface area is 295 Å². The molecule has 0 radical (unpaired) electrons. The average molecular weight is 707 g/mol. The molecule has 0 saturated heterocycles. The van der Waals surface area contributed by atoms with Gasteiger partial charge in [-0.25, -0.2) is 4.57 Å². The summed E-state index contributed by atoms with van der Waals surface area (Å²) in [5.74, 6) is -0.793. The number of phosphoric acid groups is 1. The van der Waals surface area contributed by atoms with E-state index in [1.165, 1.54) is 116 Å². The molecule has 0 spiro atoms. The smallest absolute Gasteiger partial charge is 0.462 e. The highest BCUT2D eigenvalue weighted by Crippen LogP contribution is 2.43. The summed E-state index contributed by atoms with van der Waals surface area (Å²) in [6.07, 6.45) is 28.7. The molecule has 2 atom stereocenters. The molecule has 286 valence electrons.